The van der Waals surface area contributed by atoms with E-state index in [4.69, 9.17) is 5.73 Å². The van der Waals surface area contributed by atoms with E-state index in [1.165, 1.54) is 18.9 Å². The molecule has 0 bridgehead atoms. The molecule has 0 radical (unpaired) electrons. The molecule has 2 heteroatoms. The molecule has 1 atom stereocenters. The summed E-state index contributed by atoms with van der Waals surface area (Å²) < 4.78 is 0. The van der Waals surface area contributed by atoms with Gasteiger partial charge in [-0.3, -0.25) is 0 Å². The standard InChI is InChI=1S/C9H17NSi/c1-11(8-4-7-10)9-5-2-3-6-9/h2-3,5,11H,4,6-8,10H2,1H3. The zero-order chi connectivity index (χ0) is 8.10. The molecule has 0 heterocycles. The minimum Gasteiger partial charge on any atom is -0.330 e. The molecule has 0 saturated heterocycles. The van der Waals surface area contributed by atoms with Crippen molar-refractivity contribution in [3.8, 4) is 0 Å². The second-order valence-electron chi connectivity index (χ2n) is 3.21. The lowest BCUT2D eigenvalue weighted by Crippen LogP contribution is -2.12. The summed E-state index contributed by atoms with van der Waals surface area (Å²) in [5.74, 6) is 0. The van der Waals surface area contributed by atoms with Gasteiger partial charge in [0.1, 0.15) is 0 Å². The fourth-order valence-corrected chi connectivity index (χ4v) is 3.64. The van der Waals surface area contributed by atoms with E-state index in [-0.39, 0.29) is 0 Å². The summed E-state index contributed by atoms with van der Waals surface area (Å²) >= 11 is 0. The molecule has 0 spiro atoms. The number of nitrogens with two attached hydrogens (primary N) is 1. The van der Waals surface area contributed by atoms with Gasteiger partial charge in [0.05, 0.1) is 8.80 Å². The monoisotopic (exact) mass is 167 g/mol. The van der Waals surface area contributed by atoms with Crippen molar-refractivity contribution >= 4 is 8.80 Å². The summed E-state index contributed by atoms with van der Waals surface area (Å²) in [5, 5.41) is 1.71. The van der Waals surface area contributed by atoms with Crippen LogP contribution in [0, 0.1) is 0 Å². The first-order chi connectivity index (χ1) is 5.34. The Balaban J connectivity index is 2.24. The second kappa shape index (κ2) is 4.52. The average Bonchev–Trinajstić information content (AvgIpc) is 2.52. The minimum absolute atomic E-state index is 0.554. The third kappa shape index (κ3) is 2.64. The van der Waals surface area contributed by atoms with Gasteiger partial charge in [-0.2, -0.15) is 0 Å². The van der Waals surface area contributed by atoms with Crippen LogP contribution in [0.25, 0.3) is 0 Å². The van der Waals surface area contributed by atoms with E-state index in [2.05, 4.69) is 24.8 Å². The van der Waals surface area contributed by atoms with Crippen molar-refractivity contribution in [2.75, 3.05) is 6.54 Å². The van der Waals surface area contributed by atoms with Gasteiger partial charge < -0.3 is 5.73 Å². The molecule has 0 aromatic heterocycles. The Hall–Kier alpha value is -0.343. The third-order valence-corrected chi connectivity index (χ3v) is 5.24. The summed E-state index contributed by atoms with van der Waals surface area (Å²) in [7, 11) is -0.554. The molecule has 11 heavy (non-hydrogen) atoms. The van der Waals surface area contributed by atoms with Crippen LogP contribution in [-0.2, 0) is 0 Å². The molecule has 0 amide bonds. The molecule has 1 rings (SSSR count). The van der Waals surface area contributed by atoms with Crippen LogP contribution in [-0.4, -0.2) is 15.3 Å². The smallest absolute Gasteiger partial charge is 0.0630 e. The van der Waals surface area contributed by atoms with Gasteiger partial charge in [0, 0.05) is 0 Å². The van der Waals surface area contributed by atoms with Crippen LogP contribution in [0.4, 0.5) is 0 Å². The lowest BCUT2D eigenvalue weighted by molar-refractivity contribution is 0.919. The largest absolute Gasteiger partial charge is 0.330 e. The highest BCUT2D eigenvalue weighted by Gasteiger charge is 2.09. The number of rotatable bonds is 4. The van der Waals surface area contributed by atoms with Crippen molar-refractivity contribution in [2.24, 2.45) is 5.73 Å². The molecule has 0 fully saturated rings. The number of hydrogen-bond acceptors (Lipinski definition) is 1. The van der Waals surface area contributed by atoms with Crippen LogP contribution in [0.1, 0.15) is 12.8 Å². The lowest BCUT2D eigenvalue weighted by Gasteiger charge is -2.09. The maximum Gasteiger partial charge on any atom is 0.0630 e. The molecular weight excluding hydrogens is 150 g/mol. The van der Waals surface area contributed by atoms with Crippen molar-refractivity contribution < 1.29 is 0 Å². The molecule has 1 nitrogen and oxygen atoms in total. The fraction of sp³-hybridized carbons (Fsp3) is 0.556. The van der Waals surface area contributed by atoms with E-state index in [0.717, 1.165) is 6.54 Å². The highest BCUT2D eigenvalue weighted by atomic mass is 28.3. The first-order valence-electron chi connectivity index (χ1n) is 4.40. The molecular formula is C9H17NSi. The number of allylic oxidation sites excluding steroid dienone is 4. The van der Waals surface area contributed by atoms with Crippen LogP contribution >= 0.6 is 0 Å². The van der Waals surface area contributed by atoms with E-state index in [1.807, 2.05) is 0 Å². The predicted octanol–water partition coefficient (Wildman–Crippen LogP) is 1.62. The summed E-state index contributed by atoms with van der Waals surface area (Å²) in [4.78, 5) is 0. The summed E-state index contributed by atoms with van der Waals surface area (Å²) in [6, 6.07) is 1.38. The van der Waals surface area contributed by atoms with Crippen molar-refractivity contribution in [1.29, 1.82) is 0 Å². The Morgan fingerprint density at radius 1 is 1.64 bits per heavy atom. The lowest BCUT2D eigenvalue weighted by atomic mass is 10.5. The summed E-state index contributed by atoms with van der Waals surface area (Å²) in [5.41, 5.74) is 5.46. The zero-order valence-corrected chi connectivity index (χ0v) is 8.37. The highest BCUT2D eigenvalue weighted by Crippen LogP contribution is 2.16. The van der Waals surface area contributed by atoms with Crippen LogP contribution in [0.2, 0.25) is 12.6 Å². The van der Waals surface area contributed by atoms with E-state index in [1.54, 1.807) is 5.20 Å². The van der Waals surface area contributed by atoms with E-state index < -0.39 is 8.80 Å². The van der Waals surface area contributed by atoms with Crippen molar-refractivity contribution in [3.63, 3.8) is 0 Å². The normalized spacial score (nSPS) is 18.5. The van der Waals surface area contributed by atoms with Crippen LogP contribution in [0.3, 0.4) is 0 Å². The topological polar surface area (TPSA) is 26.0 Å². The van der Waals surface area contributed by atoms with Crippen LogP contribution in [0.5, 0.6) is 0 Å². The Morgan fingerprint density at radius 2 is 2.45 bits per heavy atom. The Labute approximate surface area is 70.6 Å². The van der Waals surface area contributed by atoms with Crippen molar-refractivity contribution in [3.05, 3.63) is 23.4 Å². The second-order valence-corrected chi connectivity index (χ2v) is 6.33. The highest BCUT2D eigenvalue weighted by molar-refractivity contribution is 6.65. The zero-order valence-electron chi connectivity index (χ0n) is 7.22. The van der Waals surface area contributed by atoms with E-state index >= 15 is 0 Å². The maximum atomic E-state index is 5.46. The first-order valence-corrected chi connectivity index (χ1v) is 6.95. The molecule has 1 aliphatic carbocycles. The Kier molecular flexibility index (Phi) is 3.59. The van der Waals surface area contributed by atoms with Gasteiger partial charge in [0.25, 0.3) is 0 Å². The SMILES string of the molecule is C[SiH](CCCN)C1=CC=CC1. The van der Waals surface area contributed by atoms with Gasteiger partial charge in [-0.15, -0.1) is 0 Å². The van der Waals surface area contributed by atoms with E-state index in [0.29, 0.717) is 0 Å². The molecule has 0 aromatic rings. The van der Waals surface area contributed by atoms with Crippen LogP contribution < -0.4 is 5.73 Å². The van der Waals surface area contributed by atoms with Crippen molar-refractivity contribution in [1.82, 2.24) is 0 Å². The average molecular weight is 167 g/mol. The minimum atomic E-state index is -0.554. The van der Waals surface area contributed by atoms with Gasteiger partial charge >= 0.3 is 0 Å². The van der Waals surface area contributed by atoms with Gasteiger partial charge in [0.15, 0.2) is 0 Å². The molecule has 0 aliphatic heterocycles. The predicted molar refractivity (Wildman–Crippen MR) is 53.3 cm³/mol. The van der Waals surface area contributed by atoms with Gasteiger partial charge in [-0.25, -0.2) is 0 Å². The molecule has 62 valence electrons. The van der Waals surface area contributed by atoms with Gasteiger partial charge in [0.2, 0.25) is 0 Å². The quantitative estimate of drug-likeness (QED) is 0.633. The Morgan fingerprint density at radius 3 is 3.00 bits per heavy atom. The first kappa shape index (κ1) is 8.75. The number of hydrogen-bond donors (Lipinski definition) is 1. The Bertz CT molecular complexity index is 172. The molecule has 2 N–H and O–H groups in total. The fourth-order valence-electron chi connectivity index (χ4n) is 1.44. The molecule has 0 saturated carbocycles. The van der Waals surface area contributed by atoms with Crippen LogP contribution in [0.15, 0.2) is 23.4 Å². The molecule has 0 aromatic carbocycles. The van der Waals surface area contributed by atoms with E-state index in [9.17, 15) is 0 Å². The van der Waals surface area contributed by atoms with Gasteiger partial charge in [-0.1, -0.05) is 36.0 Å². The van der Waals surface area contributed by atoms with Crippen molar-refractivity contribution in [2.45, 2.75) is 25.4 Å². The maximum absolute atomic E-state index is 5.46. The third-order valence-electron chi connectivity index (χ3n) is 2.27. The summed E-state index contributed by atoms with van der Waals surface area (Å²) in [6.45, 7) is 3.28. The molecule has 1 unspecified atom stereocenters. The van der Waals surface area contributed by atoms with Gasteiger partial charge in [-0.05, 0) is 19.4 Å². The summed E-state index contributed by atoms with van der Waals surface area (Å²) in [6.07, 6.45) is 9.17. The molecule has 1 aliphatic rings.